The van der Waals surface area contributed by atoms with Crippen molar-refractivity contribution in [3.63, 3.8) is 0 Å². The molecule has 0 N–H and O–H groups in total. The molecule has 15 heavy (non-hydrogen) atoms. The first-order valence-corrected chi connectivity index (χ1v) is 5.12. The Morgan fingerprint density at radius 3 is 2.60 bits per heavy atom. The Labute approximate surface area is 89.1 Å². The Morgan fingerprint density at radius 1 is 1.33 bits per heavy atom. The highest BCUT2D eigenvalue weighted by atomic mass is 19.1. The zero-order valence-electron chi connectivity index (χ0n) is 8.83. The first-order valence-electron chi connectivity index (χ1n) is 5.12. The SMILES string of the molecule is CCCCOC(=O)Cc1ccc(F)cc1. The van der Waals surface area contributed by atoms with E-state index in [0.29, 0.717) is 6.61 Å². The van der Waals surface area contributed by atoms with Crippen LogP contribution in [-0.2, 0) is 16.0 Å². The third-order valence-corrected chi connectivity index (χ3v) is 2.02. The van der Waals surface area contributed by atoms with Gasteiger partial charge in [0, 0.05) is 0 Å². The fourth-order valence-corrected chi connectivity index (χ4v) is 1.15. The minimum absolute atomic E-state index is 0.212. The van der Waals surface area contributed by atoms with E-state index in [-0.39, 0.29) is 18.2 Å². The summed E-state index contributed by atoms with van der Waals surface area (Å²) in [6.07, 6.45) is 2.10. The molecule has 1 aromatic rings. The van der Waals surface area contributed by atoms with E-state index >= 15 is 0 Å². The summed E-state index contributed by atoms with van der Waals surface area (Å²) in [5.74, 6) is -0.548. The molecular formula is C12H15FO2. The summed E-state index contributed by atoms with van der Waals surface area (Å²) in [5.41, 5.74) is 0.776. The van der Waals surface area contributed by atoms with E-state index in [1.54, 1.807) is 12.1 Å². The quantitative estimate of drug-likeness (QED) is 0.551. The first kappa shape index (κ1) is 11.7. The fourth-order valence-electron chi connectivity index (χ4n) is 1.15. The third-order valence-electron chi connectivity index (χ3n) is 2.02. The standard InChI is InChI=1S/C12H15FO2/c1-2-3-8-15-12(14)9-10-4-6-11(13)7-5-10/h4-7H,2-3,8-9H2,1H3. The van der Waals surface area contributed by atoms with Crippen LogP contribution in [0.2, 0.25) is 0 Å². The molecule has 0 unspecified atom stereocenters. The Kier molecular flexibility index (Phi) is 4.81. The van der Waals surface area contributed by atoms with Gasteiger partial charge in [0.05, 0.1) is 13.0 Å². The van der Waals surface area contributed by atoms with Crippen LogP contribution in [0.4, 0.5) is 4.39 Å². The number of ether oxygens (including phenoxy) is 1. The predicted octanol–water partition coefficient (Wildman–Crippen LogP) is 2.71. The van der Waals surface area contributed by atoms with Crippen molar-refractivity contribution in [1.82, 2.24) is 0 Å². The molecule has 0 saturated heterocycles. The molecule has 0 aliphatic carbocycles. The lowest BCUT2D eigenvalue weighted by Gasteiger charge is -2.03. The molecule has 0 aliphatic rings. The summed E-state index contributed by atoms with van der Waals surface area (Å²) >= 11 is 0. The summed E-state index contributed by atoms with van der Waals surface area (Å²) in [7, 11) is 0. The lowest BCUT2D eigenvalue weighted by molar-refractivity contribution is -0.142. The highest BCUT2D eigenvalue weighted by molar-refractivity contribution is 5.72. The van der Waals surface area contributed by atoms with Gasteiger partial charge in [-0.2, -0.15) is 0 Å². The molecule has 1 aromatic carbocycles. The summed E-state index contributed by atoms with van der Waals surface area (Å²) in [6.45, 7) is 2.50. The number of carbonyl (C=O) groups excluding carboxylic acids is 1. The van der Waals surface area contributed by atoms with Crippen LogP contribution in [0.3, 0.4) is 0 Å². The van der Waals surface area contributed by atoms with Gasteiger partial charge in [-0.25, -0.2) is 4.39 Å². The van der Waals surface area contributed by atoms with Crippen molar-refractivity contribution in [3.05, 3.63) is 35.6 Å². The topological polar surface area (TPSA) is 26.3 Å². The van der Waals surface area contributed by atoms with Gasteiger partial charge in [-0.05, 0) is 24.1 Å². The Balaban J connectivity index is 2.34. The van der Waals surface area contributed by atoms with Crippen LogP contribution in [0.15, 0.2) is 24.3 Å². The molecule has 0 fully saturated rings. The van der Waals surface area contributed by atoms with Gasteiger partial charge in [-0.1, -0.05) is 25.5 Å². The van der Waals surface area contributed by atoms with Crippen LogP contribution in [0.25, 0.3) is 0 Å². The average molecular weight is 210 g/mol. The van der Waals surface area contributed by atoms with Crippen molar-refractivity contribution >= 4 is 5.97 Å². The summed E-state index contributed by atoms with van der Waals surface area (Å²) < 4.78 is 17.5. The van der Waals surface area contributed by atoms with E-state index in [1.807, 2.05) is 6.92 Å². The molecule has 0 saturated carbocycles. The van der Waals surface area contributed by atoms with Crippen LogP contribution in [0, 0.1) is 5.82 Å². The molecule has 3 heteroatoms. The third kappa shape index (κ3) is 4.58. The zero-order valence-corrected chi connectivity index (χ0v) is 8.83. The molecule has 2 nitrogen and oxygen atoms in total. The second-order valence-electron chi connectivity index (χ2n) is 3.38. The maximum absolute atomic E-state index is 12.6. The second-order valence-corrected chi connectivity index (χ2v) is 3.38. The Bertz CT molecular complexity index is 306. The van der Waals surface area contributed by atoms with E-state index in [2.05, 4.69) is 0 Å². The fraction of sp³-hybridized carbons (Fsp3) is 0.417. The number of esters is 1. The molecule has 1 rings (SSSR count). The highest BCUT2D eigenvalue weighted by Crippen LogP contribution is 2.04. The smallest absolute Gasteiger partial charge is 0.310 e. The van der Waals surface area contributed by atoms with Crippen molar-refractivity contribution in [1.29, 1.82) is 0 Å². The van der Waals surface area contributed by atoms with Crippen molar-refractivity contribution in [2.24, 2.45) is 0 Å². The van der Waals surface area contributed by atoms with E-state index in [9.17, 15) is 9.18 Å². The highest BCUT2D eigenvalue weighted by Gasteiger charge is 2.04. The van der Waals surface area contributed by atoms with E-state index in [1.165, 1.54) is 12.1 Å². The van der Waals surface area contributed by atoms with Crippen molar-refractivity contribution in [3.8, 4) is 0 Å². The molecular weight excluding hydrogens is 195 g/mol. The number of unbranched alkanes of at least 4 members (excludes halogenated alkanes) is 1. The van der Waals surface area contributed by atoms with Crippen LogP contribution in [0.5, 0.6) is 0 Å². The normalized spacial score (nSPS) is 10.0. The van der Waals surface area contributed by atoms with Gasteiger partial charge in [-0.15, -0.1) is 0 Å². The van der Waals surface area contributed by atoms with Gasteiger partial charge >= 0.3 is 5.97 Å². The minimum Gasteiger partial charge on any atom is -0.465 e. The van der Waals surface area contributed by atoms with Gasteiger partial charge < -0.3 is 4.74 Å². The summed E-state index contributed by atoms with van der Waals surface area (Å²) in [4.78, 5) is 11.3. The molecule has 0 amide bonds. The molecule has 0 radical (unpaired) electrons. The van der Waals surface area contributed by atoms with Crippen LogP contribution < -0.4 is 0 Å². The van der Waals surface area contributed by atoms with Gasteiger partial charge in [0.25, 0.3) is 0 Å². The van der Waals surface area contributed by atoms with Crippen molar-refractivity contribution in [2.45, 2.75) is 26.2 Å². The monoisotopic (exact) mass is 210 g/mol. The average Bonchev–Trinajstić information content (AvgIpc) is 2.22. The zero-order chi connectivity index (χ0) is 11.1. The summed E-state index contributed by atoms with van der Waals surface area (Å²) in [6, 6.07) is 5.87. The lowest BCUT2D eigenvalue weighted by Crippen LogP contribution is -2.08. The van der Waals surface area contributed by atoms with Crippen LogP contribution in [-0.4, -0.2) is 12.6 Å². The number of halogens is 1. The van der Waals surface area contributed by atoms with E-state index < -0.39 is 0 Å². The Morgan fingerprint density at radius 2 is 2.00 bits per heavy atom. The van der Waals surface area contributed by atoms with Crippen molar-refractivity contribution < 1.29 is 13.9 Å². The molecule has 0 atom stereocenters. The number of carbonyl (C=O) groups is 1. The Hall–Kier alpha value is -1.38. The second kappa shape index (κ2) is 6.17. The maximum Gasteiger partial charge on any atom is 0.310 e. The summed E-state index contributed by atoms with van der Waals surface area (Å²) in [5, 5.41) is 0. The predicted molar refractivity (Wildman–Crippen MR) is 56.0 cm³/mol. The number of benzene rings is 1. The van der Waals surface area contributed by atoms with Crippen LogP contribution >= 0.6 is 0 Å². The maximum atomic E-state index is 12.6. The van der Waals surface area contributed by atoms with E-state index in [0.717, 1.165) is 18.4 Å². The van der Waals surface area contributed by atoms with E-state index in [4.69, 9.17) is 4.74 Å². The van der Waals surface area contributed by atoms with Gasteiger partial charge in [-0.3, -0.25) is 4.79 Å². The van der Waals surface area contributed by atoms with Crippen LogP contribution in [0.1, 0.15) is 25.3 Å². The van der Waals surface area contributed by atoms with Crippen molar-refractivity contribution in [2.75, 3.05) is 6.61 Å². The largest absolute Gasteiger partial charge is 0.465 e. The molecule has 0 spiro atoms. The molecule has 82 valence electrons. The first-order chi connectivity index (χ1) is 7.22. The minimum atomic E-state index is -0.293. The molecule has 0 aromatic heterocycles. The number of hydrogen-bond acceptors (Lipinski definition) is 2. The van der Waals surface area contributed by atoms with Gasteiger partial charge in [0.1, 0.15) is 5.82 Å². The van der Waals surface area contributed by atoms with Gasteiger partial charge in [0.2, 0.25) is 0 Å². The molecule has 0 aliphatic heterocycles. The molecule has 0 heterocycles. The lowest BCUT2D eigenvalue weighted by atomic mass is 10.1. The number of rotatable bonds is 5. The molecule has 0 bridgehead atoms. The van der Waals surface area contributed by atoms with Gasteiger partial charge in [0.15, 0.2) is 0 Å². The number of hydrogen-bond donors (Lipinski definition) is 0.